The van der Waals surface area contributed by atoms with Crippen molar-refractivity contribution in [1.29, 1.82) is 0 Å². The summed E-state index contributed by atoms with van der Waals surface area (Å²) in [4.78, 5) is 0. The first kappa shape index (κ1) is 10.7. The number of hydrogen-bond acceptors (Lipinski definition) is 4. The van der Waals surface area contributed by atoms with Crippen molar-refractivity contribution in [2.45, 2.75) is 0 Å². The number of phenolic OH excluding ortho intramolecular Hbond substituents is 1. The van der Waals surface area contributed by atoms with Crippen LogP contribution < -0.4 is 10.5 Å². The molecule has 5 nitrogen and oxygen atoms in total. The third-order valence-electron chi connectivity index (χ3n) is 2.24. The summed E-state index contributed by atoms with van der Waals surface area (Å²) in [7, 11) is 0. The van der Waals surface area contributed by atoms with Gasteiger partial charge in [-0.2, -0.15) is 0 Å². The highest BCUT2D eigenvalue weighted by molar-refractivity contribution is 7.80. The predicted molar refractivity (Wildman–Crippen MR) is 62.6 cm³/mol. The first-order valence-corrected chi connectivity index (χ1v) is 5.53. The average Bonchev–Trinajstić information content (AvgIpc) is 2.22. The first-order valence-electron chi connectivity index (χ1n) is 4.45. The van der Waals surface area contributed by atoms with Crippen LogP contribution in [0.25, 0.3) is 10.8 Å². The lowest BCUT2D eigenvalue weighted by molar-refractivity contribution is 0.482. The van der Waals surface area contributed by atoms with Crippen LogP contribution in [0.1, 0.15) is 0 Å². The predicted octanol–water partition coefficient (Wildman–Crippen LogP) is 1.33. The van der Waals surface area contributed by atoms with Crippen molar-refractivity contribution in [3.63, 3.8) is 0 Å². The molecule has 0 fully saturated rings. The Hall–Kier alpha value is -1.79. The maximum Gasteiger partial charge on any atom is 0.125 e. The van der Waals surface area contributed by atoms with Crippen molar-refractivity contribution < 1.29 is 13.9 Å². The second-order valence-corrected chi connectivity index (χ2v) is 3.91. The molecule has 0 heterocycles. The van der Waals surface area contributed by atoms with Crippen molar-refractivity contribution >= 4 is 33.4 Å². The first-order chi connectivity index (χ1) is 7.59. The van der Waals surface area contributed by atoms with E-state index >= 15 is 0 Å². The summed E-state index contributed by atoms with van der Waals surface area (Å²) in [5.74, 6) is 0.0235. The highest BCUT2D eigenvalue weighted by Crippen LogP contribution is 2.34. The largest absolute Gasteiger partial charge is 0.755 e. The fourth-order valence-electron chi connectivity index (χ4n) is 1.59. The van der Waals surface area contributed by atoms with Crippen molar-refractivity contribution in [3.8, 4) is 5.75 Å². The molecule has 0 radical (unpaired) electrons. The van der Waals surface area contributed by atoms with Gasteiger partial charge in [-0.1, -0.05) is 12.1 Å². The molecule has 0 aliphatic rings. The number of nitrogens with one attached hydrogen (secondary N) is 1. The molecule has 0 aliphatic heterocycles. The van der Waals surface area contributed by atoms with Gasteiger partial charge in [0, 0.05) is 27.7 Å². The van der Waals surface area contributed by atoms with Gasteiger partial charge in [0.2, 0.25) is 0 Å². The maximum absolute atomic E-state index is 10.6. The highest BCUT2D eigenvalue weighted by atomic mass is 32.2. The Morgan fingerprint density at radius 1 is 1.31 bits per heavy atom. The minimum atomic E-state index is -2.41. The Balaban J connectivity index is 2.74. The molecule has 0 saturated carbocycles. The van der Waals surface area contributed by atoms with E-state index in [0.29, 0.717) is 22.1 Å². The molecular formula is C10H9N2O3S-. The maximum atomic E-state index is 10.6. The number of nitrogen functional groups attached to an aromatic ring is 1. The molecule has 0 saturated heterocycles. The van der Waals surface area contributed by atoms with E-state index in [9.17, 15) is 13.9 Å². The van der Waals surface area contributed by atoms with Crippen LogP contribution in [0.3, 0.4) is 0 Å². The minimum Gasteiger partial charge on any atom is -0.755 e. The minimum absolute atomic E-state index is 0.0235. The van der Waals surface area contributed by atoms with Gasteiger partial charge in [0.05, 0.1) is 5.69 Å². The van der Waals surface area contributed by atoms with E-state index in [-0.39, 0.29) is 5.75 Å². The summed E-state index contributed by atoms with van der Waals surface area (Å²) in [5, 5.41) is 10.7. The summed E-state index contributed by atoms with van der Waals surface area (Å²) < 4.78 is 23.4. The number of aromatic hydroxyl groups is 1. The number of rotatable bonds is 2. The molecule has 2 rings (SSSR count). The van der Waals surface area contributed by atoms with E-state index in [1.165, 1.54) is 12.1 Å². The standard InChI is InChI=1S/C10H10N2O3S/c11-7-3-1-2-6-8(12-16(14)15)4-5-9(13)10(6)7/h1-5,12-13H,11H2,(H,14,15)/p-1. The zero-order valence-corrected chi connectivity index (χ0v) is 8.95. The zero-order chi connectivity index (χ0) is 11.7. The van der Waals surface area contributed by atoms with Crippen LogP contribution in [0, 0.1) is 0 Å². The van der Waals surface area contributed by atoms with Gasteiger partial charge >= 0.3 is 0 Å². The summed E-state index contributed by atoms with van der Waals surface area (Å²) >= 11 is -2.41. The van der Waals surface area contributed by atoms with E-state index < -0.39 is 11.3 Å². The summed E-state index contributed by atoms with van der Waals surface area (Å²) in [6.07, 6.45) is 0. The van der Waals surface area contributed by atoms with Crippen LogP contribution in [-0.2, 0) is 11.3 Å². The molecule has 1 unspecified atom stereocenters. The molecular weight excluding hydrogens is 228 g/mol. The van der Waals surface area contributed by atoms with Gasteiger partial charge in [0.1, 0.15) is 5.75 Å². The Kier molecular flexibility index (Phi) is 2.67. The van der Waals surface area contributed by atoms with E-state index in [1.807, 2.05) is 0 Å². The lowest BCUT2D eigenvalue weighted by Crippen LogP contribution is -2.03. The van der Waals surface area contributed by atoms with Crippen LogP contribution in [0.2, 0.25) is 0 Å². The molecule has 0 spiro atoms. The van der Waals surface area contributed by atoms with Crippen LogP contribution in [0.5, 0.6) is 5.75 Å². The monoisotopic (exact) mass is 237 g/mol. The zero-order valence-electron chi connectivity index (χ0n) is 8.14. The molecule has 1 atom stereocenters. The number of nitrogens with two attached hydrogens (primary N) is 1. The molecule has 4 N–H and O–H groups in total. The van der Waals surface area contributed by atoms with E-state index in [1.54, 1.807) is 18.2 Å². The van der Waals surface area contributed by atoms with Crippen molar-refractivity contribution in [3.05, 3.63) is 30.3 Å². The third kappa shape index (κ3) is 1.80. The molecule has 0 aliphatic carbocycles. The lowest BCUT2D eigenvalue weighted by Gasteiger charge is -2.13. The van der Waals surface area contributed by atoms with Gasteiger partial charge in [-0.15, -0.1) is 0 Å². The molecule has 0 aromatic heterocycles. The molecule has 2 aromatic rings. The summed E-state index contributed by atoms with van der Waals surface area (Å²) in [6, 6.07) is 7.89. The van der Waals surface area contributed by atoms with Crippen molar-refractivity contribution in [2.75, 3.05) is 10.5 Å². The number of hydrogen-bond donors (Lipinski definition) is 3. The molecule has 84 valence electrons. The van der Waals surface area contributed by atoms with Crippen LogP contribution in [-0.4, -0.2) is 13.9 Å². The SMILES string of the molecule is Nc1cccc2c(NS(=O)[O-])ccc(O)c12. The molecule has 0 bridgehead atoms. The van der Waals surface area contributed by atoms with Gasteiger partial charge < -0.3 is 20.1 Å². The highest BCUT2D eigenvalue weighted by Gasteiger charge is 2.07. The van der Waals surface area contributed by atoms with Gasteiger partial charge in [-0.3, -0.25) is 4.21 Å². The Bertz CT molecular complexity index is 563. The number of benzene rings is 2. The van der Waals surface area contributed by atoms with E-state index in [0.717, 1.165) is 0 Å². The van der Waals surface area contributed by atoms with E-state index in [2.05, 4.69) is 4.72 Å². The summed E-state index contributed by atoms with van der Waals surface area (Å²) in [5.41, 5.74) is 6.50. The van der Waals surface area contributed by atoms with Gasteiger partial charge in [0.15, 0.2) is 0 Å². The van der Waals surface area contributed by atoms with Gasteiger partial charge in [-0.05, 0) is 18.2 Å². The Morgan fingerprint density at radius 3 is 2.75 bits per heavy atom. The quantitative estimate of drug-likeness (QED) is 0.417. The molecule has 0 amide bonds. The van der Waals surface area contributed by atoms with Crippen LogP contribution in [0.15, 0.2) is 30.3 Å². The van der Waals surface area contributed by atoms with Gasteiger partial charge in [0.25, 0.3) is 0 Å². The van der Waals surface area contributed by atoms with Crippen LogP contribution >= 0.6 is 0 Å². The van der Waals surface area contributed by atoms with Crippen LogP contribution in [0.4, 0.5) is 11.4 Å². The van der Waals surface area contributed by atoms with Gasteiger partial charge in [-0.25, -0.2) is 0 Å². The van der Waals surface area contributed by atoms with Crippen molar-refractivity contribution in [2.24, 2.45) is 0 Å². The van der Waals surface area contributed by atoms with Crippen molar-refractivity contribution in [1.82, 2.24) is 0 Å². The Labute approximate surface area is 94.3 Å². The second-order valence-electron chi connectivity index (χ2n) is 3.24. The third-order valence-corrected chi connectivity index (χ3v) is 2.63. The number of anilines is 2. The molecule has 2 aromatic carbocycles. The molecule has 6 heteroatoms. The average molecular weight is 237 g/mol. The fraction of sp³-hybridized carbons (Fsp3) is 0. The lowest BCUT2D eigenvalue weighted by atomic mass is 10.1. The normalized spacial score (nSPS) is 12.6. The molecule has 16 heavy (non-hydrogen) atoms. The number of phenols is 1. The summed E-state index contributed by atoms with van der Waals surface area (Å²) in [6.45, 7) is 0. The fourth-order valence-corrected chi connectivity index (χ4v) is 1.95. The smallest absolute Gasteiger partial charge is 0.125 e. The second kappa shape index (κ2) is 3.99. The number of fused-ring (bicyclic) bond motifs is 1. The topological polar surface area (TPSA) is 98.4 Å². The Morgan fingerprint density at radius 2 is 2.06 bits per heavy atom. The van der Waals surface area contributed by atoms with E-state index in [4.69, 9.17) is 5.73 Å².